The molecule has 1 saturated heterocycles. The third-order valence-electron chi connectivity index (χ3n) is 1.76. The molecule has 0 atom stereocenters. The van der Waals surface area contributed by atoms with Gasteiger partial charge in [0.25, 0.3) is 0 Å². The molecule has 0 aromatic carbocycles. The van der Waals surface area contributed by atoms with E-state index in [1.165, 1.54) is 0 Å². The Morgan fingerprint density at radius 3 is 2.71 bits per heavy atom. The summed E-state index contributed by atoms with van der Waals surface area (Å²) in [7, 11) is 0. The van der Waals surface area contributed by atoms with Gasteiger partial charge in [-0.3, -0.25) is 5.01 Å². The first-order valence-electron chi connectivity index (χ1n) is 3.99. The smallest absolute Gasteiger partial charge is 0.282 e. The van der Waals surface area contributed by atoms with E-state index < -0.39 is 12.0 Å². The number of halogens is 3. The molecule has 14 heavy (non-hydrogen) atoms. The average molecular weight is 224 g/mol. The second-order valence-corrected chi connectivity index (χ2v) is 3.54. The number of alkyl halides is 3. The van der Waals surface area contributed by atoms with E-state index in [0.29, 0.717) is 6.54 Å². The van der Waals surface area contributed by atoms with Crippen LogP contribution < -0.4 is 10.4 Å². The predicted molar refractivity (Wildman–Crippen MR) is 44.9 cm³/mol. The number of hydrogen-bond donors (Lipinski definition) is 1. The Kier molecular flexibility index (Phi) is 2.31. The van der Waals surface area contributed by atoms with Gasteiger partial charge >= 0.3 is 6.18 Å². The van der Waals surface area contributed by atoms with E-state index in [1.807, 2.05) is 0 Å². The van der Waals surface area contributed by atoms with Crippen LogP contribution in [0.3, 0.4) is 0 Å². The molecule has 4 nitrogen and oxygen atoms in total. The zero-order valence-electron chi connectivity index (χ0n) is 7.01. The summed E-state index contributed by atoms with van der Waals surface area (Å²) in [6, 6.07) is 0. The van der Waals surface area contributed by atoms with Crippen molar-refractivity contribution in [1.29, 1.82) is 0 Å². The molecular weight excluding hydrogens is 217 g/mol. The van der Waals surface area contributed by atoms with Crippen molar-refractivity contribution in [2.24, 2.45) is 0 Å². The number of hydrazine groups is 1. The lowest BCUT2D eigenvalue weighted by Gasteiger charge is -2.11. The Morgan fingerprint density at radius 1 is 1.43 bits per heavy atom. The molecule has 8 heteroatoms. The van der Waals surface area contributed by atoms with Crippen molar-refractivity contribution in [3.63, 3.8) is 0 Å². The van der Waals surface area contributed by atoms with Gasteiger partial charge in [0.15, 0.2) is 0 Å². The van der Waals surface area contributed by atoms with E-state index in [9.17, 15) is 13.2 Å². The molecule has 1 aromatic rings. The van der Waals surface area contributed by atoms with E-state index in [2.05, 4.69) is 14.8 Å². The second-order valence-electron chi connectivity index (χ2n) is 2.81. The van der Waals surface area contributed by atoms with E-state index >= 15 is 0 Å². The van der Waals surface area contributed by atoms with Crippen molar-refractivity contribution in [2.45, 2.75) is 12.6 Å². The van der Waals surface area contributed by atoms with E-state index in [0.717, 1.165) is 24.5 Å². The molecule has 0 spiro atoms. The standard InChI is InChI=1S/C6H7F3N4S/c7-6(8,9)4-11-5(14-12-4)13-3-1-2-10-13/h10H,1-3H2. The first kappa shape index (κ1) is 9.66. The van der Waals surface area contributed by atoms with Crippen LogP contribution in [0.4, 0.5) is 18.3 Å². The largest absolute Gasteiger partial charge is 0.452 e. The highest BCUT2D eigenvalue weighted by Crippen LogP contribution is 2.30. The fourth-order valence-electron chi connectivity index (χ4n) is 1.13. The van der Waals surface area contributed by atoms with Gasteiger partial charge in [0.05, 0.1) is 0 Å². The van der Waals surface area contributed by atoms with Crippen LogP contribution >= 0.6 is 11.5 Å². The maximum atomic E-state index is 12.1. The van der Waals surface area contributed by atoms with Gasteiger partial charge < -0.3 is 0 Å². The van der Waals surface area contributed by atoms with Gasteiger partial charge in [0.2, 0.25) is 11.0 Å². The fourth-order valence-corrected chi connectivity index (χ4v) is 1.83. The van der Waals surface area contributed by atoms with Crippen LogP contribution in [0, 0.1) is 0 Å². The maximum absolute atomic E-state index is 12.1. The first-order chi connectivity index (χ1) is 6.57. The highest BCUT2D eigenvalue weighted by atomic mass is 32.1. The molecular formula is C6H7F3N4S. The molecule has 0 unspecified atom stereocenters. The normalized spacial score (nSPS) is 17.8. The van der Waals surface area contributed by atoms with Crippen LogP contribution in [0.25, 0.3) is 0 Å². The molecule has 0 radical (unpaired) electrons. The van der Waals surface area contributed by atoms with Crippen molar-refractivity contribution < 1.29 is 13.2 Å². The molecule has 0 aliphatic carbocycles. The number of rotatable bonds is 1. The monoisotopic (exact) mass is 224 g/mol. The van der Waals surface area contributed by atoms with Crippen LogP contribution in [-0.2, 0) is 6.18 Å². The minimum absolute atomic E-state index is 0.273. The lowest BCUT2D eigenvalue weighted by molar-refractivity contribution is -0.144. The summed E-state index contributed by atoms with van der Waals surface area (Å²) in [5.74, 6) is -1.06. The molecule has 1 aliphatic rings. The van der Waals surface area contributed by atoms with E-state index in [1.54, 1.807) is 5.01 Å². The number of aromatic nitrogens is 2. The maximum Gasteiger partial charge on any atom is 0.452 e. The van der Waals surface area contributed by atoms with Crippen LogP contribution in [0.5, 0.6) is 0 Å². The Balaban J connectivity index is 2.17. The summed E-state index contributed by atoms with van der Waals surface area (Å²) in [4.78, 5) is 3.41. The SMILES string of the molecule is FC(F)(F)c1nsc(N2CCCN2)n1. The summed E-state index contributed by atoms with van der Waals surface area (Å²) in [6.45, 7) is 1.44. The first-order valence-corrected chi connectivity index (χ1v) is 4.76. The molecule has 1 aromatic heterocycles. The zero-order chi connectivity index (χ0) is 10.2. The number of hydrogen-bond acceptors (Lipinski definition) is 5. The molecule has 0 amide bonds. The van der Waals surface area contributed by atoms with Crippen LogP contribution in [-0.4, -0.2) is 22.4 Å². The van der Waals surface area contributed by atoms with Crippen molar-refractivity contribution in [1.82, 2.24) is 14.8 Å². The van der Waals surface area contributed by atoms with Crippen LogP contribution in [0.15, 0.2) is 0 Å². The molecule has 2 rings (SSSR count). The molecule has 0 saturated carbocycles. The van der Waals surface area contributed by atoms with E-state index in [-0.39, 0.29) is 5.13 Å². The molecule has 0 bridgehead atoms. The molecule has 1 N–H and O–H groups in total. The van der Waals surface area contributed by atoms with Crippen molar-refractivity contribution >= 4 is 16.7 Å². The number of nitrogens with zero attached hydrogens (tertiary/aromatic N) is 3. The van der Waals surface area contributed by atoms with Gasteiger partial charge in [0, 0.05) is 24.6 Å². The van der Waals surface area contributed by atoms with Gasteiger partial charge in [-0.15, -0.1) is 0 Å². The summed E-state index contributed by atoms with van der Waals surface area (Å²) >= 11 is 0.756. The Hall–Kier alpha value is -0.890. The minimum atomic E-state index is -4.45. The minimum Gasteiger partial charge on any atom is -0.282 e. The van der Waals surface area contributed by atoms with E-state index in [4.69, 9.17) is 0 Å². The highest BCUT2D eigenvalue weighted by molar-refractivity contribution is 7.09. The lowest BCUT2D eigenvalue weighted by atomic mass is 10.5. The number of nitrogens with one attached hydrogen (secondary N) is 1. The summed E-state index contributed by atoms with van der Waals surface area (Å²) in [5, 5.41) is 1.86. The second kappa shape index (κ2) is 3.35. The zero-order valence-corrected chi connectivity index (χ0v) is 7.82. The topological polar surface area (TPSA) is 41.1 Å². The molecule has 1 aliphatic heterocycles. The van der Waals surface area contributed by atoms with Gasteiger partial charge in [0.1, 0.15) is 0 Å². The predicted octanol–water partition coefficient (Wildman–Crippen LogP) is 1.27. The Labute approximate surface area is 81.9 Å². The third-order valence-corrected chi connectivity index (χ3v) is 2.50. The highest BCUT2D eigenvalue weighted by Gasteiger charge is 2.36. The lowest BCUT2D eigenvalue weighted by Crippen LogP contribution is -2.30. The van der Waals surface area contributed by atoms with Crippen molar-refractivity contribution in [3.8, 4) is 0 Å². The Morgan fingerprint density at radius 2 is 2.21 bits per heavy atom. The third kappa shape index (κ3) is 1.80. The molecule has 2 heterocycles. The van der Waals surface area contributed by atoms with Gasteiger partial charge in [-0.2, -0.15) is 22.5 Å². The van der Waals surface area contributed by atoms with Gasteiger partial charge in [-0.25, -0.2) is 5.43 Å². The van der Waals surface area contributed by atoms with Crippen molar-refractivity contribution in [2.75, 3.05) is 18.1 Å². The Bertz CT molecular complexity index is 317. The summed E-state index contributed by atoms with van der Waals surface area (Å²) in [5.41, 5.74) is 2.91. The molecule has 1 fully saturated rings. The van der Waals surface area contributed by atoms with Crippen molar-refractivity contribution in [3.05, 3.63) is 5.82 Å². The average Bonchev–Trinajstić information content (AvgIpc) is 2.73. The van der Waals surface area contributed by atoms with Crippen LogP contribution in [0.1, 0.15) is 12.2 Å². The molecule has 78 valence electrons. The van der Waals surface area contributed by atoms with Gasteiger partial charge in [-0.05, 0) is 6.42 Å². The summed E-state index contributed by atoms with van der Waals surface area (Å²) in [6.07, 6.45) is -3.55. The summed E-state index contributed by atoms with van der Waals surface area (Å²) < 4.78 is 39.6. The van der Waals surface area contributed by atoms with Crippen LogP contribution in [0.2, 0.25) is 0 Å². The quantitative estimate of drug-likeness (QED) is 0.780. The van der Waals surface area contributed by atoms with Gasteiger partial charge in [-0.1, -0.05) is 0 Å². The fraction of sp³-hybridized carbons (Fsp3) is 0.667. The number of anilines is 1.